The zero-order chi connectivity index (χ0) is 20.6. The molecule has 3 rings (SSSR count). The first-order valence-corrected chi connectivity index (χ1v) is 11.9. The van der Waals surface area contributed by atoms with E-state index in [1.165, 1.54) is 37.9 Å². The molecule has 1 atom stereocenters. The van der Waals surface area contributed by atoms with Gasteiger partial charge in [0.25, 0.3) is 0 Å². The summed E-state index contributed by atoms with van der Waals surface area (Å²) in [6, 6.07) is 6.73. The number of benzene rings is 1. The number of anilines is 1. The van der Waals surface area contributed by atoms with Crippen molar-refractivity contribution >= 4 is 28.3 Å². The number of fused-ring (bicyclic) bond motifs is 1. The number of aryl methyl sites for hydroxylation is 1. The van der Waals surface area contributed by atoms with Crippen LogP contribution in [-0.2, 0) is 6.54 Å². The van der Waals surface area contributed by atoms with Gasteiger partial charge in [0.05, 0.1) is 5.52 Å². The summed E-state index contributed by atoms with van der Waals surface area (Å²) in [5, 5.41) is 10.4. The first-order chi connectivity index (χ1) is 14.1. The fourth-order valence-electron chi connectivity index (χ4n) is 4.35. The molecule has 0 radical (unpaired) electrons. The monoisotopic (exact) mass is 419 g/mol. The van der Waals surface area contributed by atoms with Crippen molar-refractivity contribution in [1.82, 2.24) is 19.6 Å². The molecule has 1 fully saturated rings. The molecule has 29 heavy (non-hydrogen) atoms. The van der Waals surface area contributed by atoms with E-state index in [0.29, 0.717) is 6.04 Å². The molecule has 1 N–H and O–H groups in total. The molecular formula is C23H38ClN5. The van der Waals surface area contributed by atoms with Gasteiger partial charge in [0.2, 0.25) is 0 Å². The van der Waals surface area contributed by atoms with E-state index in [-0.39, 0.29) is 0 Å². The van der Waals surface area contributed by atoms with Crippen molar-refractivity contribution in [2.75, 3.05) is 44.6 Å². The van der Waals surface area contributed by atoms with Crippen molar-refractivity contribution in [2.45, 2.75) is 65.5 Å². The van der Waals surface area contributed by atoms with Crippen LogP contribution in [-0.4, -0.2) is 64.9 Å². The Morgan fingerprint density at radius 3 is 2.66 bits per heavy atom. The van der Waals surface area contributed by atoms with Crippen molar-refractivity contribution in [3.8, 4) is 0 Å². The second-order valence-corrected chi connectivity index (χ2v) is 8.71. The minimum atomic E-state index is 0.604. The molecule has 0 amide bonds. The third-order valence-electron chi connectivity index (χ3n) is 6.32. The number of nitrogens with zero attached hydrogens (tertiary/aromatic N) is 4. The van der Waals surface area contributed by atoms with Gasteiger partial charge in [-0.2, -0.15) is 5.10 Å². The normalized spacial score (nSPS) is 16.6. The molecule has 162 valence electrons. The van der Waals surface area contributed by atoms with Crippen LogP contribution in [0.1, 0.15) is 52.9 Å². The molecule has 0 bridgehead atoms. The predicted octanol–water partition coefficient (Wildman–Crippen LogP) is 5.10. The predicted molar refractivity (Wildman–Crippen MR) is 125 cm³/mol. The van der Waals surface area contributed by atoms with Gasteiger partial charge in [0.15, 0.2) is 5.82 Å². The Balaban J connectivity index is 1.63. The topological polar surface area (TPSA) is 36.3 Å². The maximum absolute atomic E-state index is 6.29. The number of hydrogen-bond donors (Lipinski definition) is 1. The molecule has 6 heteroatoms. The second kappa shape index (κ2) is 11.2. The lowest BCUT2D eigenvalue weighted by Crippen LogP contribution is -2.37. The molecule has 1 aromatic heterocycles. The maximum atomic E-state index is 6.29. The number of piperidine rings is 1. The van der Waals surface area contributed by atoms with Crippen LogP contribution < -0.4 is 5.32 Å². The molecule has 1 aliphatic rings. The van der Waals surface area contributed by atoms with Gasteiger partial charge in [0, 0.05) is 29.5 Å². The summed E-state index contributed by atoms with van der Waals surface area (Å²) in [5.41, 5.74) is 1.17. The van der Waals surface area contributed by atoms with Crippen molar-refractivity contribution in [1.29, 1.82) is 0 Å². The summed E-state index contributed by atoms with van der Waals surface area (Å²) in [4.78, 5) is 5.09. The zero-order valence-corrected chi connectivity index (χ0v) is 19.2. The number of likely N-dealkylation sites (tertiary alicyclic amines) is 1. The molecule has 0 aliphatic carbocycles. The molecule has 2 heterocycles. The summed E-state index contributed by atoms with van der Waals surface area (Å²) in [7, 11) is 0. The molecular weight excluding hydrogens is 382 g/mol. The molecule has 1 aromatic carbocycles. The largest absolute Gasteiger partial charge is 0.368 e. The Kier molecular flexibility index (Phi) is 8.64. The van der Waals surface area contributed by atoms with E-state index in [1.54, 1.807) is 0 Å². The van der Waals surface area contributed by atoms with Crippen LogP contribution in [0.3, 0.4) is 0 Å². The highest BCUT2D eigenvalue weighted by Gasteiger charge is 2.18. The van der Waals surface area contributed by atoms with Crippen LogP contribution in [0.2, 0.25) is 5.02 Å². The molecule has 0 spiro atoms. The van der Waals surface area contributed by atoms with Crippen LogP contribution in [0, 0.1) is 0 Å². The number of aromatic nitrogens is 2. The van der Waals surface area contributed by atoms with E-state index >= 15 is 0 Å². The van der Waals surface area contributed by atoms with Gasteiger partial charge in [-0.05, 0) is 83.5 Å². The SMILES string of the molecule is CCN(CC)CCCNc1nn(CCC(C)N2CCCCC2)c2ccc(Cl)cc12. The van der Waals surface area contributed by atoms with Gasteiger partial charge in [-0.1, -0.05) is 31.9 Å². The fraction of sp³-hybridized carbons (Fsp3) is 0.696. The molecule has 0 saturated carbocycles. The second-order valence-electron chi connectivity index (χ2n) is 8.27. The van der Waals surface area contributed by atoms with Gasteiger partial charge in [-0.15, -0.1) is 0 Å². The average Bonchev–Trinajstić information content (AvgIpc) is 3.09. The Hall–Kier alpha value is -1.30. The van der Waals surface area contributed by atoms with Crippen LogP contribution in [0.25, 0.3) is 10.9 Å². The molecule has 5 nitrogen and oxygen atoms in total. The lowest BCUT2D eigenvalue weighted by molar-refractivity contribution is 0.162. The Labute approximate surface area is 181 Å². The number of halogens is 1. The van der Waals surface area contributed by atoms with Gasteiger partial charge < -0.3 is 15.1 Å². The van der Waals surface area contributed by atoms with E-state index in [1.807, 2.05) is 12.1 Å². The van der Waals surface area contributed by atoms with Crippen molar-refractivity contribution in [3.63, 3.8) is 0 Å². The van der Waals surface area contributed by atoms with Crippen LogP contribution in [0.4, 0.5) is 5.82 Å². The average molecular weight is 420 g/mol. The fourth-order valence-corrected chi connectivity index (χ4v) is 4.52. The molecule has 2 aromatic rings. The minimum Gasteiger partial charge on any atom is -0.368 e. The smallest absolute Gasteiger partial charge is 0.156 e. The van der Waals surface area contributed by atoms with Gasteiger partial charge in [-0.3, -0.25) is 4.68 Å². The third-order valence-corrected chi connectivity index (χ3v) is 6.56. The Bertz CT molecular complexity index is 749. The Morgan fingerprint density at radius 2 is 1.93 bits per heavy atom. The van der Waals surface area contributed by atoms with E-state index in [0.717, 1.165) is 61.8 Å². The zero-order valence-electron chi connectivity index (χ0n) is 18.5. The van der Waals surface area contributed by atoms with E-state index in [9.17, 15) is 0 Å². The summed E-state index contributed by atoms with van der Waals surface area (Å²) < 4.78 is 2.17. The molecule has 1 saturated heterocycles. The van der Waals surface area contributed by atoms with Crippen molar-refractivity contribution < 1.29 is 0 Å². The van der Waals surface area contributed by atoms with Crippen LogP contribution in [0.15, 0.2) is 18.2 Å². The summed E-state index contributed by atoms with van der Waals surface area (Å²) >= 11 is 6.29. The van der Waals surface area contributed by atoms with Crippen LogP contribution >= 0.6 is 11.6 Å². The van der Waals surface area contributed by atoms with E-state index < -0.39 is 0 Å². The summed E-state index contributed by atoms with van der Waals surface area (Å²) in [5.74, 6) is 0.965. The maximum Gasteiger partial charge on any atom is 0.156 e. The summed E-state index contributed by atoms with van der Waals surface area (Å²) in [6.07, 6.45) is 6.31. The lowest BCUT2D eigenvalue weighted by Gasteiger charge is -2.32. The quantitative estimate of drug-likeness (QED) is 0.514. The highest BCUT2D eigenvalue weighted by molar-refractivity contribution is 6.31. The number of nitrogens with one attached hydrogen (secondary N) is 1. The first-order valence-electron chi connectivity index (χ1n) is 11.5. The standard InChI is InChI=1S/C23H38ClN5/c1-4-27(5-2)14-9-13-25-23-21-18-20(24)10-11-22(21)29(26-23)17-12-19(3)28-15-7-6-8-16-28/h10-11,18-19H,4-9,12-17H2,1-3H3,(H,25,26). The summed E-state index contributed by atoms with van der Waals surface area (Å²) in [6.45, 7) is 14.5. The van der Waals surface area contributed by atoms with Gasteiger partial charge >= 0.3 is 0 Å². The number of rotatable bonds is 11. The van der Waals surface area contributed by atoms with Crippen LogP contribution in [0.5, 0.6) is 0 Å². The van der Waals surface area contributed by atoms with E-state index in [4.69, 9.17) is 16.7 Å². The van der Waals surface area contributed by atoms with Crippen molar-refractivity contribution in [3.05, 3.63) is 23.2 Å². The molecule has 1 unspecified atom stereocenters. The van der Waals surface area contributed by atoms with Gasteiger partial charge in [-0.25, -0.2) is 0 Å². The molecule has 1 aliphatic heterocycles. The van der Waals surface area contributed by atoms with E-state index in [2.05, 4.69) is 46.6 Å². The van der Waals surface area contributed by atoms with Gasteiger partial charge in [0.1, 0.15) is 0 Å². The highest BCUT2D eigenvalue weighted by Crippen LogP contribution is 2.27. The lowest BCUT2D eigenvalue weighted by atomic mass is 10.1. The third kappa shape index (κ3) is 6.09. The first kappa shape index (κ1) is 22.4. The van der Waals surface area contributed by atoms with Crippen molar-refractivity contribution in [2.24, 2.45) is 0 Å². The minimum absolute atomic E-state index is 0.604. The Morgan fingerprint density at radius 1 is 1.17 bits per heavy atom. The number of hydrogen-bond acceptors (Lipinski definition) is 4. The highest BCUT2D eigenvalue weighted by atomic mass is 35.5.